The van der Waals surface area contributed by atoms with Crippen LogP contribution in [0.4, 0.5) is 0 Å². The lowest BCUT2D eigenvalue weighted by Crippen LogP contribution is -2.44. The van der Waals surface area contributed by atoms with Gasteiger partial charge in [0.15, 0.2) is 9.84 Å². The van der Waals surface area contributed by atoms with E-state index in [9.17, 15) is 13.2 Å². The van der Waals surface area contributed by atoms with E-state index in [1.54, 1.807) is 17.0 Å². The van der Waals surface area contributed by atoms with Gasteiger partial charge in [0.05, 0.1) is 4.90 Å². The van der Waals surface area contributed by atoms with E-state index >= 15 is 0 Å². The second kappa shape index (κ2) is 6.36. The van der Waals surface area contributed by atoms with Gasteiger partial charge >= 0.3 is 0 Å². The second-order valence-corrected chi connectivity index (χ2v) is 8.39. The molecule has 1 heterocycles. The molecule has 0 spiro atoms. The first kappa shape index (κ1) is 16.3. The van der Waals surface area contributed by atoms with Crippen molar-refractivity contribution in [1.82, 2.24) is 4.90 Å². The lowest BCUT2D eigenvalue weighted by atomic mass is 9.92. The summed E-state index contributed by atoms with van der Waals surface area (Å²) in [6.45, 7) is 5.44. The number of piperidine rings is 1. The van der Waals surface area contributed by atoms with Crippen LogP contribution in [0.1, 0.15) is 20.3 Å². The minimum absolute atomic E-state index is 0.0986. The summed E-state index contributed by atoms with van der Waals surface area (Å²) in [5, 5.41) is 0.351. The molecule has 1 fully saturated rings. The molecule has 1 saturated heterocycles. The van der Waals surface area contributed by atoms with Crippen molar-refractivity contribution in [1.29, 1.82) is 0 Å². The van der Waals surface area contributed by atoms with Crippen LogP contribution in [0.2, 0.25) is 5.02 Å². The van der Waals surface area contributed by atoms with Gasteiger partial charge in [-0.2, -0.15) is 0 Å². The van der Waals surface area contributed by atoms with Crippen LogP contribution in [0, 0.1) is 11.8 Å². The van der Waals surface area contributed by atoms with Crippen molar-refractivity contribution in [3.05, 3.63) is 29.3 Å². The third-order valence-electron chi connectivity index (χ3n) is 3.69. The third kappa shape index (κ3) is 4.20. The molecule has 2 rings (SSSR count). The van der Waals surface area contributed by atoms with Gasteiger partial charge in [-0.25, -0.2) is 8.42 Å². The highest BCUT2D eigenvalue weighted by atomic mass is 35.5. The minimum Gasteiger partial charge on any atom is -0.341 e. The molecule has 0 radical (unpaired) electrons. The van der Waals surface area contributed by atoms with Crippen LogP contribution in [0.25, 0.3) is 0 Å². The first-order chi connectivity index (χ1) is 9.78. The molecule has 0 saturated carbocycles. The number of hydrogen-bond donors (Lipinski definition) is 0. The van der Waals surface area contributed by atoms with Crippen LogP contribution < -0.4 is 0 Å². The average Bonchev–Trinajstić information content (AvgIpc) is 2.37. The van der Waals surface area contributed by atoms with Crippen LogP contribution in [-0.2, 0) is 14.6 Å². The maximum Gasteiger partial charge on any atom is 0.238 e. The molecule has 1 aliphatic rings. The summed E-state index contributed by atoms with van der Waals surface area (Å²) in [5.41, 5.74) is 0. The topological polar surface area (TPSA) is 54.5 Å². The first-order valence-corrected chi connectivity index (χ1v) is 9.07. The van der Waals surface area contributed by atoms with E-state index in [-0.39, 0.29) is 10.8 Å². The van der Waals surface area contributed by atoms with Crippen molar-refractivity contribution in [2.45, 2.75) is 25.2 Å². The summed E-state index contributed by atoms with van der Waals surface area (Å²) in [6.07, 6.45) is 1.07. The third-order valence-corrected chi connectivity index (χ3v) is 5.52. The number of carbonyl (C=O) groups is 1. The number of amides is 1. The molecule has 1 aromatic carbocycles. The molecule has 0 N–H and O–H groups in total. The van der Waals surface area contributed by atoms with Crippen LogP contribution in [0.5, 0.6) is 0 Å². The Balaban J connectivity index is 2.11. The number of halogens is 1. The van der Waals surface area contributed by atoms with Gasteiger partial charge in [0.25, 0.3) is 0 Å². The Labute approximate surface area is 131 Å². The molecule has 1 amide bonds. The number of benzene rings is 1. The summed E-state index contributed by atoms with van der Waals surface area (Å²) >= 11 is 5.81. The van der Waals surface area contributed by atoms with Crippen molar-refractivity contribution in [2.75, 3.05) is 18.8 Å². The zero-order valence-corrected chi connectivity index (χ0v) is 13.8. The summed E-state index contributed by atoms with van der Waals surface area (Å²) in [4.78, 5) is 14.0. The molecule has 6 heteroatoms. The zero-order valence-electron chi connectivity index (χ0n) is 12.3. The SMILES string of the molecule is CC1CC(C)CN(C(=O)CS(=O)(=O)c2cccc(Cl)c2)C1. The van der Waals surface area contributed by atoms with E-state index in [1.165, 1.54) is 12.1 Å². The predicted molar refractivity (Wildman–Crippen MR) is 83.0 cm³/mol. The van der Waals surface area contributed by atoms with Crippen molar-refractivity contribution in [3.8, 4) is 0 Å². The van der Waals surface area contributed by atoms with E-state index in [1.807, 2.05) is 0 Å². The number of rotatable bonds is 3. The average molecular weight is 330 g/mol. The van der Waals surface area contributed by atoms with Gasteiger partial charge in [-0.1, -0.05) is 31.5 Å². The van der Waals surface area contributed by atoms with Crippen LogP contribution in [0.15, 0.2) is 29.2 Å². The van der Waals surface area contributed by atoms with Crippen molar-refractivity contribution < 1.29 is 13.2 Å². The van der Waals surface area contributed by atoms with Gasteiger partial charge in [0.1, 0.15) is 5.75 Å². The highest BCUT2D eigenvalue weighted by Gasteiger charge is 2.29. The lowest BCUT2D eigenvalue weighted by molar-refractivity contribution is -0.131. The number of hydrogen-bond acceptors (Lipinski definition) is 3. The molecular weight excluding hydrogens is 310 g/mol. The fraction of sp³-hybridized carbons (Fsp3) is 0.533. The number of nitrogens with zero attached hydrogens (tertiary/aromatic N) is 1. The largest absolute Gasteiger partial charge is 0.341 e. The van der Waals surface area contributed by atoms with Crippen molar-refractivity contribution in [2.24, 2.45) is 11.8 Å². The van der Waals surface area contributed by atoms with Crippen molar-refractivity contribution in [3.63, 3.8) is 0 Å². The van der Waals surface area contributed by atoms with E-state index in [4.69, 9.17) is 11.6 Å². The Morgan fingerprint density at radius 1 is 1.29 bits per heavy atom. The Morgan fingerprint density at radius 2 is 1.90 bits per heavy atom. The maximum absolute atomic E-state index is 12.3. The van der Waals surface area contributed by atoms with Gasteiger partial charge in [-0.15, -0.1) is 0 Å². The highest BCUT2D eigenvalue weighted by molar-refractivity contribution is 7.92. The lowest BCUT2D eigenvalue weighted by Gasteiger charge is -2.35. The Bertz CT molecular complexity index is 620. The Hall–Kier alpha value is -1.07. The fourth-order valence-electron chi connectivity index (χ4n) is 2.86. The molecule has 1 aliphatic heterocycles. The summed E-state index contributed by atoms with van der Waals surface area (Å²) < 4.78 is 24.6. The molecule has 0 aromatic heterocycles. The molecule has 1 aromatic rings. The van der Waals surface area contributed by atoms with Crippen molar-refractivity contribution >= 4 is 27.3 Å². The molecule has 0 aliphatic carbocycles. The van der Waals surface area contributed by atoms with Gasteiger partial charge in [0, 0.05) is 18.1 Å². The molecule has 21 heavy (non-hydrogen) atoms. The van der Waals surface area contributed by atoms with Crippen LogP contribution in [-0.4, -0.2) is 38.1 Å². The molecule has 4 nitrogen and oxygen atoms in total. The van der Waals surface area contributed by atoms with E-state index < -0.39 is 15.6 Å². The monoisotopic (exact) mass is 329 g/mol. The number of carbonyl (C=O) groups excluding carboxylic acids is 1. The Morgan fingerprint density at radius 3 is 2.48 bits per heavy atom. The first-order valence-electron chi connectivity index (χ1n) is 7.04. The quantitative estimate of drug-likeness (QED) is 0.856. The summed E-state index contributed by atoms with van der Waals surface area (Å²) in [5.74, 6) is -0.00112. The Kier molecular flexibility index (Phi) is 4.94. The standard InChI is InChI=1S/C15H20ClNO3S/c1-11-6-12(2)9-17(8-11)15(18)10-21(19,20)14-5-3-4-13(16)7-14/h3-5,7,11-12H,6,8-10H2,1-2H3. The molecular formula is C15H20ClNO3S. The van der Waals surface area contributed by atoms with Crippen LogP contribution >= 0.6 is 11.6 Å². The number of likely N-dealkylation sites (tertiary alicyclic amines) is 1. The van der Waals surface area contributed by atoms with E-state index in [0.29, 0.717) is 29.9 Å². The predicted octanol–water partition coefficient (Wildman–Crippen LogP) is 2.62. The van der Waals surface area contributed by atoms with Gasteiger partial charge in [-0.3, -0.25) is 4.79 Å². The summed E-state index contributed by atoms with van der Waals surface area (Å²) in [6, 6.07) is 6.03. The van der Waals surface area contributed by atoms with E-state index in [0.717, 1.165) is 6.42 Å². The highest BCUT2D eigenvalue weighted by Crippen LogP contribution is 2.22. The molecule has 2 atom stereocenters. The zero-order chi connectivity index (χ0) is 15.6. The molecule has 116 valence electrons. The summed E-state index contributed by atoms with van der Waals surface area (Å²) in [7, 11) is -3.64. The molecule has 2 unspecified atom stereocenters. The smallest absolute Gasteiger partial charge is 0.238 e. The number of sulfone groups is 1. The van der Waals surface area contributed by atoms with Gasteiger partial charge in [0.2, 0.25) is 5.91 Å². The van der Waals surface area contributed by atoms with E-state index in [2.05, 4.69) is 13.8 Å². The molecule has 0 bridgehead atoms. The maximum atomic E-state index is 12.3. The van der Waals surface area contributed by atoms with Gasteiger partial charge in [-0.05, 0) is 36.5 Å². The van der Waals surface area contributed by atoms with Crippen LogP contribution in [0.3, 0.4) is 0 Å². The normalized spacial score (nSPS) is 23.1. The van der Waals surface area contributed by atoms with Gasteiger partial charge < -0.3 is 4.90 Å². The fourth-order valence-corrected chi connectivity index (χ4v) is 4.39. The second-order valence-electron chi connectivity index (χ2n) is 5.96. The minimum atomic E-state index is -3.64.